The Morgan fingerprint density at radius 3 is 2.75 bits per heavy atom. The Kier molecular flexibility index (Phi) is 4.02. The summed E-state index contributed by atoms with van der Waals surface area (Å²) in [4.78, 5) is 2.55. The maximum absolute atomic E-state index is 6.15. The molecule has 1 heterocycles. The lowest BCUT2D eigenvalue weighted by atomic mass is 9.99. The molecule has 0 N–H and O–H groups in total. The van der Waals surface area contributed by atoms with Crippen molar-refractivity contribution < 1.29 is 4.74 Å². The fourth-order valence-corrected chi connectivity index (χ4v) is 3.25. The molecular formula is C18H27NO. The van der Waals surface area contributed by atoms with E-state index in [9.17, 15) is 0 Å². The van der Waals surface area contributed by atoms with Crippen LogP contribution in [0.3, 0.4) is 0 Å². The van der Waals surface area contributed by atoms with Gasteiger partial charge in [0.15, 0.2) is 0 Å². The van der Waals surface area contributed by atoms with Crippen molar-refractivity contribution in [3.8, 4) is 5.75 Å². The molecule has 1 aliphatic heterocycles. The van der Waals surface area contributed by atoms with Crippen LogP contribution in [0.2, 0.25) is 0 Å². The van der Waals surface area contributed by atoms with E-state index in [1.165, 1.54) is 35.3 Å². The Balaban J connectivity index is 1.91. The lowest BCUT2D eigenvalue weighted by Gasteiger charge is -2.21. The average Bonchev–Trinajstić information content (AvgIpc) is 3.23. The van der Waals surface area contributed by atoms with Crippen LogP contribution in [-0.4, -0.2) is 24.6 Å². The van der Waals surface area contributed by atoms with Crippen LogP contribution in [0.1, 0.15) is 56.2 Å². The highest BCUT2D eigenvalue weighted by Gasteiger charge is 2.30. The molecule has 0 spiro atoms. The number of ether oxygens (including phenoxy) is 1. The smallest absolute Gasteiger partial charge is 0.127 e. The molecule has 110 valence electrons. The predicted octanol–water partition coefficient (Wildman–Crippen LogP) is 3.98. The molecule has 2 heteroatoms. The van der Waals surface area contributed by atoms with E-state index in [-0.39, 0.29) is 0 Å². The Hall–Kier alpha value is -1.02. The van der Waals surface area contributed by atoms with Gasteiger partial charge in [0, 0.05) is 25.2 Å². The first kappa shape index (κ1) is 13.9. The zero-order chi connectivity index (χ0) is 14.1. The normalized spacial score (nSPS) is 19.6. The molecule has 0 aromatic heterocycles. The van der Waals surface area contributed by atoms with Gasteiger partial charge in [-0.3, -0.25) is 4.90 Å². The van der Waals surface area contributed by atoms with Gasteiger partial charge in [0.1, 0.15) is 12.4 Å². The quantitative estimate of drug-likeness (QED) is 0.823. The minimum atomic E-state index is 0.716. The van der Waals surface area contributed by atoms with E-state index in [2.05, 4.69) is 37.8 Å². The number of fused-ring (bicyclic) bond motifs is 1. The Labute approximate surface area is 123 Å². The van der Waals surface area contributed by atoms with Gasteiger partial charge in [-0.25, -0.2) is 0 Å². The molecule has 0 amide bonds. The highest BCUT2D eigenvalue weighted by molar-refractivity contribution is 5.48. The fourth-order valence-electron chi connectivity index (χ4n) is 3.25. The van der Waals surface area contributed by atoms with Crippen LogP contribution >= 0.6 is 0 Å². The van der Waals surface area contributed by atoms with Crippen LogP contribution in [0, 0.1) is 5.92 Å². The van der Waals surface area contributed by atoms with Crippen molar-refractivity contribution in [3.63, 3.8) is 0 Å². The summed E-state index contributed by atoms with van der Waals surface area (Å²) in [7, 11) is 0. The first-order valence-electron chi connectivity index (χ1n) is 8.18. The number of aryl methyl sites for hydroxylation is 1. The van der Waals surface area contributed by atoms with Gasteiger partial charge in [0.25, 0.3) is 0 Å². The maximum atomic E-state index is 6.15. The summed E-state index contributed by atoms with van der Waals surface area (Å²) in [6.07, 6.45) is 3.81. The molecule has 2 nitrogen and oxygen atoms in total. The lowest BCUT2D eigenvalue weighted by molar-refractivity contribution is 0.207. The largest absolute Gasteiger partial charge is 0.492 e. The second kappa shape index (κ2) is 5.77. The minimum Gasteiger partial charge on any atom is -0.492 e. The van der Waals surface area contributed by atoms with E-state index in [1.54, 1.807) is 0 Å². The maximum Gasteiger partial charge on any atom is 0.127 e. The zero-order valence-corrected chi connectivity index (χ0v) is 13.1. The second-order valence-corrected chi connectivity index (χ2v) is 6.78. The molecule has 0 atom stereocenters. The van der Waals surface area contributed by atoms with Crippen LogP contribution in [0.25, 0.3) is 0 Å². The van der Waals surface area contributed by atoms with Crippen molar-refractivity contribution >= 4 is 0 Å². The van der Waals surface area contributed by atoms with Gasteiger partial charge in [0.05, 0.1) is 0 Å². The molecule has 1 fully saturated rings. The van der Waals surface area contributed by atoms with Crippen LogP contribution < -0.4 is 4.74 Å². The van der Waals surface area contributed by atoms with Crippen LogP contribution in [0.4, 0.5) is 0 Å². The van der Waals surface area contributed by atoms with E-state index in [0.717, 1.165) is 38.6 Å². The summed E-state index contributed by atoms with van der Waals surface area (Å²) in [6.45, 7) is 11.0. The number of nitrogens with zero attached hydrogens (tertiary/aromatic N) is 1. The average molecular weight is 273 g/mol. The summed E-state index contributed by atoms with van der Waals surface area (Å²) in [5, 5.41) is 0. The summed E-state index contributed by atoms with van der Waals surface area (Å²) in [6, 6.07) is 4.77. The molecule has 1 aliphatic carbocycles. The van der Waals surface area contributed by atoms with Crippen LogP contribution in [-0.2, 0) is 13.0 Å². The van der Waals surface area contributed by atoms with E-state index in [1.807, 2.05) is 0 Å². The van der Waals surface area contributed by atoms with Gasteiger partial charge in [-0.15, -0.1) is 0 Å². The SMILES string of the molecule is CCc1cc2c(c(C3CC3)c1)OCCN(CC(C)C)C2. The minimum absolute atomic E-state index is 0.716. The summed E-state index contributed by atoms with van der Waals surface area (Å²) >= 11 is 0. The van der Waals surface area contributed by atoms with Gasteiger partial charge >= 0.3 is 0 Å². The number of rotatable bonds is 4. The molecule has 0 saturated heterocycles. The first-order valence-corrected chi connectivity index (χ1v) is 8.18. The standard InChI is InChI=1S/C18H27NO/c1-4-14-9-16-12-19(11-13(2)3)7-8-20-18(16)17(10-14)15-5-6-15/h9-10,13,15H,4-8,11-12H2,1-3H3. The first-order chi connectivity index (χ1) is 9.67. The van der Waals surface area contributed by atoms with Crippen molar-refractivity contribution in [1.29, 1.82) is 0 Å². The Morgan fingerprint density at radius 1 is 1.30 bits per heavy atom. The molecular weight excluding hydrogens is 246 g/mol. The molecule has 0 unspecified atom stereocenters. The molecule has 1 aromatic carbocycles. The van der Waals surface area contributed by atoms with Gasteiger partial charge in [-0.05, 0) is 42.2 Å². The van der Waals surface area contributed by atoms with E-state index in [4.69, 9.17) is 4.74 Å². The molecule has 0 bridgehead atoms. The monoisotopic (exact) mass is 273 g/mol. The Bertz CT molecular complexity index is 477. The second-order valence-electron chi connectivity index (χ2n) is 6.78. The molecule has 1 saturated carbocycles. The van der Waals surface area contributed by atoms with Crippen molar-refractivity contribution in [2.24, 2.45) is 5.92 Å². The third-order valence-corrected chi connectivity index (χ3v) is 4.35. The van der Waals surface area contributed by atoms with Crippen molar-refractivity contribution in [2.75, 3.05) is 19.7 Å². The van der Waals surface area contributed by atoms with Crippen molar-refractivity contribution in [2.45, 2.75) is 52.5 Å². The van der Waals surface area contributed by atoms with Crippen LogP contribution in [0.15, 0.2) is 12.1 Å². The van der Waals surface area contributed by atoms with Crippen LogP contribution in [0.5, 0.6) is 5.75 Å². The van der Waals surface area contributed by atoms with Gasteiger partial charge in [-0.1, -0.05) is 32.9 Å². The van der Waals surface area contributed by atoms with Gasteiger partial charge in [0.2, 0.25) is 0 Å². The Morgan fingerprint density at radius 2 is 2.10 bits per heavy atom. The number of hydrogen-bond acceptors (Lipinski definition) is 2. The summed E-state index contributed by atoms with van der Waals surface area (Å²) in [5.74, 6) is 2.71. The third kappa shape index (κ3) is 3.01. The molecule has 3 rings (SSSR count). The fraction of sp³-hybridized carbons (Fsp3) is 0.667. The summed E-state index contributed by atoms with van der Waals surface area (Å²) < 4.78 is 6.15. The number of benzene rings is 1. The molecule has 1 aromatic rings. The molecule has 2 aliphatic rings. The van der Waals surface area contributed by atoms with E-state index in [0.29, 0.717) is 5.92 Å². The van der Waals surface area contributed by atoms with Crippen molar-refractivity contribution in [1.82, 2.24) is 4.90 Å². The highest BCUT2D eigenvalue weighted by Crippen LogP contribution is 2.46. The zero-order valence-electron chi connectivity index (χ0n) is 13.1. The molecule has 0 radical (unpaired) electrons. The highest BCUT2D eigenvalue weighted by atomic mass is 16.5. The lowest BCUT2D eigenvalue weighted by Crippen LogP contribution is -2.29. The third-order valence-electron chi connectivity index (χ3n) is 4.35. The van der Waals surface area contributed by atoms with E-state index < -0.39 is 0 Å². The molecule has 20 heavy (non-hydrogen) atoms. The van der Waals surface area contributed by atoms with Gasteiger partial charge < -0.3 is 4.74 Å². The number of hydrogen-bond donors (Lipinski definition) is 0. The summed E-state index contributed by atoms with van der Waals surface area (Å²) in [5.41, 5.74) is 4.38. The van der Waals surface area contributed by atoms with Gasteiger partial charge in [-0.2, -0.15) is 0 Å². The van der Waals surface area contributed by atoms with E-state index >= 15 is 0 Å². The predicted molar refractivity (Wildman–Crippen MR) is 83.4 cm³/mol. The van der Waals surface area contributed by atoms with Crippen molar-refractivity contribution in [3.05, 3.63) is 28.8 Å². The topological polar surface area (TPSA) is 12.5 Å².